The highest BCUT2D eigenvalue weighted by atomic mass is 16.3. The smallest absolute Gasteiger partial charge is 0.295 e. The molecular formula is C23H25NO4. The lowest BCUT2D eigenvalue weighted by molar-refractivity contribution is -0.139. The Morgan fingerprint density at radius 3 is 2.54 bits per heavy atom. The van der Waals surface area contributed by atoms with Crippen LogP contribution in [0.15, 0.2) is 48.0 Å². The summed E-state index contributed by atoms with van der Waals surface area (Å²) in [5.74, 6) is -1.44. The van der Waals surface area contributed by atoms with Crippen molar-refractivity contribution in [2.45, 2.75) is 39.7 Å². The van der Waals surface area contributed by atoms with Crippen LogP contribution in [-0.4, -0.2) is 33.3 Å². The number of likely N-dealkylation sites (tertiary alicyclic amines) is 1. The summed E-state index contributed by atoms with van der Waals surface area (Å²) in [5, 5.41) is 21.0. The van der Waals surface area contributed by atoms with Crippen LogP contribution in [0.4, 0.5) is 0 Å². The summed E-state index contributed by atoms with van der Waals surface area (Å²) in [4.78, 5) is 27.1. The fourth-order valence-corrected chi connectivity index (χ4v) is 3.62. The van der Waals surface area contributed by atoms with E-state index in [4.69, 9.17) is 0 Å². The van der Waals surface area contributed by atoms with Crippen LogP contribution in [0.1, 0.15) is 48.1 Å². The molecule has 0 spiro atoms. The lowest BCUT2D eigenvalue weighted by atomic mass is 9.93. The van der Waals surface area contributed by atoms with Crippen LogP contribution in [0.5, 0.6) is 5.75 Å². The zero-order chi connectivity index (χ0) is 20.4. The number of Topliss-reactive ketones (excluding diaryl/α,β-unsaturated/α-hetero) is 1. The molecule has 3 rings (SSSR count). The van der Waals surface area contributed by atoms with E-state index in [1.54, 1.807) is 12.1 Å². The summed E-state index contributed by atoms with van der Waals surface area (Å²) in [6.07, 6.45) is 1.61. The number of carbonyl (C=O) groups excluding carboxylic acids is 2. The van der Waals surface area contributed by atoms with Gasteiger partial charge in [-0.2, -0.15) is 0 Å². The zero-order valence-electron chi connectivity index (χ0n) is 16.4. The van der Waals surface area contributed by atoms with E-state index in [2.05, 4.69) is 0 Å². The van der Waals surface area contributed by atoms with Crippen molar-refractivity contribution in [3.63, 3.8) is 0 Å². The number of hydrogen-bond donors (Lipinski definition) is 2. The predicted octanol–water partition coefficient (Wildman–Crippen LogP) is 4.23. The maximum atomic E-state index is 12.9. The van der Waals surface area contributed by atoms with Crippen molar-refractivity contribution in [2.24, 2.45) is 0 Å². The van der Waals surface area contributed by atoms with Gasteiger partial charge in [0.2, 0.25) is 0 Å². The van der Waals surface area contributed by atoms with E-state index in [-0.39, 0.29) is 17.1 Å². The van der Waals surface area contributed by atoms with Gasteiger partial charge < -0.3 is 15.1 Å². The number of hydrogen-bond acceptors (Lipinski definition) is 4. The Morgan fingerprint density at radius 1 is 1.11 bits per heavy atom. The Labute approximate surface area is 164 Å². The van der Waals surface area contributed by atoms with E-state index in [0.29, 0.717) is 17.7 Å². The number of phenolic OH excluding ortho intramolecular Hbond substituents is 1. The quantitative estimate of drug-likeness (QED) is 0.463. The Morgan fingerprint density at radius 2 is 1.86 bits per heavy atom. The van der Waals surface area contributed by atoms with Crippen LogP contribution in [0.25, 0.3) is 5.76 Å². The van der Waals surface area contributed by atoms with E-state index >= 15 is 0 Å². The van der Waals surface area contributed by atoms with Crippen LogP contribution in [-0.2, 0) is 9.59 Å². The van der Waals surface area contributed by atoms with Gasteiger partial charge in [-0.25, -0.2) is 0 Å². The molecule has 5 heteroatoms. The molecule has 0 saturated carbocycles. The number of aliphatic hydroxyl groups is 1. The summed E-state index contributed by atoms with van der Waals surface area (Å²) in [6.45, 7) is 6.18. The van der Waals surface area contributed by atoms with Gasteiger partial charge in [-0.1, -0.05) is 43.2 Å². The Kier molecular flexibility index (Phi) is 5.54. The minimum absolute atomic E-state index is 0.0466. The van der Waals surface area contributed by atoms with E-state index in [9.17, 15) is 19.8 Å². The van der Waals surface area contributed by atoms with Crippen molar-refractivity contribution in [1.82, 2.24) is 4.90 Å². The molecule has 0 radical (unpaired) electrons. The minimum Gasteiger partial charge on any atom is -0.508 e. The first kappa shape index (κ1) is 19.7. The van der Waals surface area contributed by atoms with Crippen molar-refractivity contribution in [1.29, 1.82) is 0 Å². The lowest BCUT2D eigenvalue weighted by Crippen LogP contribution is -2.30. The van der Waals surface area contributed by atoms with Crippen LogP contribution in [0.3, 0.4) is 0 Å². The monoisotopic (exact) mass is 379 g/mol. The van der Waals surface area contributed by atoms with Gasteiger partial charge >= 0.3 is 0 Å². The number of unbranched alkanes of at least 4 members (excludes halogenated alkanes) is 1. The molecule has 2 N–H and O–H groups in total. The average molecular weight is 379 g/mol. The van der Waals surface area contributed by atoms with Gasteiger partial charge in [0.15, 0.2) is 0 Å². The summed E-state index contributed by atoms with van der Waals surface area (Å²) in [6, 6.07) is 11.4. The summed E-state index contributed by atoms with van der Waals surface area (Å²) >= 11 is 0. The minimum atomic E-state index is -0.724. The molecule has 1 aliphatic rings. The van der Waals surface area contributed by atoms with Crippen molar-refractivity contribution in [3.8, 4) is 5.75 Å². The van der Waals surface area contributed by atoms with Crippen molar-refractivity contribution in [3.05, 3.63) is 70.3 Å². The normalized spacial score (nSPS) is 18.7. The summed E-state index contributed by atoms with van der Waals surface area (Å²) in [7, 11) is 0. The molecular weight excluding hydrogens is 354 g/mol. The second kappa shape index (κ2) is 7.89. The number of aliphatic hydroxyl groups excluding tert-OH is 1. The van der Waals surface area contributed by atoms with E-state index in [1.165, 1.54) is 17.0 Å². The predicted molar refractivity (Wildman–Crippen MR) is 108 cm³/mol. The fraction of sp³-hybridized carbons (Fsp3) is 0.304. The van der Waals surface area contributed by atoms with Gasteiger partial charge in [0, 0.05) is 12.1 Å². The molecule has 0 aliphatic carbocycles. The molecule has 2 aromatic carbocycles. The standard InChI is InChI=1S/C23H25NO4/c1-4-5-11-24-20(16-7-6-8-17(25)13-16)19(22(27)23(24)28)21(26)18-12-14(2)9-10-15(18)3/h6-10,12-13,20,25-26H,4-5,11H2,1-3H3/b21-19+. The summed E-state index contributed by atoms with van der Waals surface area (Å²) in [5.41, 5.74) is 2.97. The lowest BCUT2D eigenvalue weighted by Gasteiger charge is -2.25. The molecule has 1 atom stereocenters. The molecule has 28 heavy (non-hydrogen) atoms. The molecule has 2 aromatic rings. The van der Waals surface area contributed by atoms with Crippen molar-refractivity contribution in [2.75, 3.05) is 6.54 Å². The first-order valence-corrected chi connectivity index (χ1v) is 9.50. The average Bonchev–Trinajstić information content (AvgIpc) is 2.92. The number of ketones is 1. The van der Waals surface area contributed by atoms with Gasteiger partial charge in [0.25, 0.3) is 11.7 Å². The van der Waals surface area contributed by atoms with E-state index in [0.717, 1.165) is 24.0 Å². The molecule has 1 fully saturated rings. The van der Waals surface area contributed by atoms with Crippen LogP contribution >= 0.6 is 0 Å². The van der Waals surface area contributed by atoms with Crippen LogP contribution < -0.4 is 0 Å². The second-order valence-electron chi connectivity index (χ2n) is 7.26. The number of nitrogens with zero attached hydrogens (tertiary/aromatic N) is 1. The zero-order valence-corrected chi connectivity index (χ0v) is 16.4. The molecule has 146 valence electrons. The number of benzene rings is 2. The molecule has 1 saturated heterocycles. The summed E-state index contributed by atoms with van der Waals surface area (Å²) < 4.78 is 0. The maximum absolute atomic E-state index is 12.9. The number of rotatable bonds is 5. The molecule has 1 amide bonds. The van der Waals surface area contributed by atoms with Gasteiger partial charge in [-0.05, 0) is 49.6 Å². The Bertz CT molecular complexity index is 961. The third kappa shape index (κ3) is 3.52. The Hall–Kier alpha value is -3.08. The molecule has 1 heterocycles. The van der Waals surface area contributed by atoms with Gasteiger partial charge in [0.1, 0.15) is 11.5 Å². The molecule has 1 unspecified atom stereocenters. The molecule has 1 aliphatic heterocycles. The first-order valence-electron chi connectivity index (χ1n) is 9.50. The van der Waals surface area contributed by atoms with Gasteiger partial charge in [-0.3, -0.25) is 9.59 Å². The SMILES string of the molecule is CCCCN1C(=O)C(=O)/C(=C(/O)c2cc(C)ccc2C)C1c1cccc(O)c1. The molecule has 0 aromatic heterocycles. The van der Waals surface area contributed by atoms with Crippen LogP contribution in [0, 0.1) is 13.8 Å². The third-order valence-electron chi connectivity index (χ3n) is 5.13. The van der Waals surface area contributed by atoms with Crippen molar-refractivity contribution >= 4 is 17.4 Å². The van der Waals surface area contributed by atoms with Gasteiger partial charge in [0.05, 0.1) is 11.6 Å². The van der Waals surface area contributed by atoms with Crippen LogP contribution in [0.2, 0.25) is 0 Å². The number of aryl methyl sites for hydroxylation is 2. The largest absolute Gasteiger partial charge is 0.508 e. The van der Waals surface area contributed by atoms with E-state index in [1.807, 2.05) is 39.0 Å². The van der Waals surface area contributed by atoms with Gasteiger partial charge in [-0.15, -0.1) is 0 Å². The first-order chi connectivity index (χ1) is 13.3. The fourth-order valence-electron chi connectivity index (χ4n) is 3.62. The topological polar surface area (TPSA) is 77.8 Å². The highest BCUT2D eigenvalue weighted by Crippen LogP contribution is 2.40. The number of phenols is 1. The molecule has 5 nitrogen and oxygen atoms in total. The van der Waals surface area contributed by atoms with E-state index < -0.39 is 17.7 Å². The molecule has 0 bridgehead atoms. The highest BCUT2D eigenvalue weighted by molar-refractivity contribution is 6.46. The third-order valence-corrected chi connectivity index (χ3v) is 5.13. The highest BCUT2D eigenvalue weighted by Gasteiger charge is 2.45. The van der Waals surface area contributed by atoms with Crippen molar-refractivity contribution < 1.29 is 19.8 Å². The maximum Gasteiger partial charge on any atom is 0.295 e. The Balaban J connectivity index is 2.22. The number of aromatic hydroxyl groups is 1. The number of carbonyl (C=O) groups is 2. The number of amides is 1. The second-order valence-corrected chi connectivity index (χ2v) is 7.26.